The monoisotopic (exact) mass is 841 g/mol. The zero-order chi connectivity index (χ0) is 44.0. The van der Waals surface area contributed by atoms with Gasteiger partial charge in [-0.25, -0.2) is 14.5 Å². The maximum Gasteiger partial charge on any atom is 0.338 e. The van der Waals surface area contributed by atoms with Crippen LogP contribution < -0.4 is 15.5 Å². The molecule has 2 aliphatic rings. The lowest BCUT2D eigenvalue weighted by atomic mass is 10.0. The second kappa shape index (κ2) is 16.2. The summed E-state index contributed by atoms with van der Waals surface area (Å²) in [5.41, 5.74) is 7.66. The lowest BCUT2D eigenvalue weighted by Gasteiger charge is -2.28. The number of anilines is 3. The first-order valence-corrected chi connectivity index (χ1v) is 20.5. The van der Waals surface area contributed by atoms with Crippen molar-refractivity contribution in [2.75, 3.05) is 17.3 Å². The Morgan fingerprint density at radius 1 is 0.873 bits per heavy atom. The van der Waals surface area contributed by atoms with E-state index in [1.54, 1.807) is 42.1 Å². The average molecular weight is 842 g/mol. The largest absolute Gasteiger partial charge is 0.456 e. The zero-order valence-corrected chi connectivity index (χ0v) is 35.0. The van der Waals surface area contributed by atoms with Crippen LogP contribution in [0, 0.1) is 0 Å². The molecule has 15 heteroatoms. The van der Waals surface area contributed by atoms with Crippen molar-refractivity contribution in [2.24, 2.45) is 0 Å². The number of pyridine rings is 1. The van der Waals surface area contributed by atoms with Gasteiger partial charge in [-0.1, -0.05) is 65.9 Å². The molecule has 0 bridgehead atoms. The van der Waals surface area contributed by atoms with Crippen LogP contribution in [0.25, 0.3) is 28.0 Å². The number of imide groups is 2. The predicted molar refractivity (Wildman–Crippen MR) is 235 cm³/mol. The average Bonchev–Trinajstić information content (AvgIpc) is 3.94. The molecule has 7 aromatic rings. The second-order valence-corrected chi connectivity index (χ2v) is 16.6. The van der Waals surface area contributed by atoms with Crippen molar-refractivity contribution in [2.45, 2.75) is 58.3 Å². The fourth-order valence-electron chi connectivity index (χ4n) is 7.93. The topological polar surface area (TPSA) is 173 Å². The van der Waals surface area contributed by atoms with E-state index in [0.29, 0.717) is 23.5 Å². The molecule has 0 saturated carbocycles. The smallest absolute Gasteiger partial charge is 0.338 e. The van der Waals surface area contributed by atoms with Gasteiger partial charge >= 0.3 is 5.97 Å². The number of nitrogens with one attached hydrogen (secondary N) is 2. The third-order valence-corrected chi connectivity index (χ3v) is 10.9. The van der Waals surface area contributed by atoms with Crippen LogP contribution in [0.2, 0.25) is 0 Å². The fourth-order valence-corrected chi connectivity index (χ4v) is 7.93. The summed E-state index contributed by atoms with van der Waals surface area (Å²) in [4.78, 5) is 72.0. The van der Waals surface area contributed by atoms with E-state index >= 15 is 0 Å². The molecule has 2 N–H and O–H groups in total. The minimum absolute atomic E-state index is 0.0448. The molecule has 1 fully saturated rings. The Bertz CT molecular complexity index is 2930. The lowest BCUT2D eigenvalue weighted by Crippen LogP contribution is -2.54. The number of ether oxygens (including phenoxy) is 1. The molecule has 0 aliphatic carbocycles. The number of hydrogen-bond acceptors (Lipinski definition) is 11. The zero-order valence-electron chi connectivity index (χ0n) is 35.0. The highest BCUT2D eigenvalue weighted by molar-refractivity contribution is 6.25. The second-order valence-electron chi connectivity index (χ2n) is 16.6. The summed E-state index contributed by atoms with van der Waals surface area (Å²) in [6.07, 6.45) is 3.96. The Hall–Kier alpha value is -7.94. The highest BCUT2D eigenvalue weighted by Gasteiger charge is 2.46. The van der Waals surface area contributed by atoms with E-state index in [9.17, 15) is 24.0 Å². The Morgan fingerprint density at radius 3 is 2.37 bits per heavy atom. The van der Waals surface area contributed by atoms with Crippen LogP contribution in [0.4, 0.5) is 17.2 Å². The van der Waals surface area contributed by atoms with E-state index in [1.807, 2.05) is 97.1 Å². The number of amides is 4. The summed E-state index contributed by atoms with van der Waals surface area (Å²) < 4.78 is 9.30. The van der Waals surface area contributed by atoms with E-state index in [1.165, 1.54) is 0 Å². The normalized spacial score (nSPS) is 15.1. The van der Waals surface area contributed by atoms with Crippen molar-refractivity contribution in [1.29, 1.82) is 0 Å². The van der Waals surface area contributed by atoms with E-state index in [-0.39, 0.29) is 36.5 Å². The summed E-state index contributed by atoms with van der Waals surface area (Å²) in [5, 5.41) is 14.5. The van der Waals surface area contributed by atoms with Crippen LogP contribution in [-0.4, -0.2) is 77.6 Å². The van der Waals surface area contributed by atoms with Gasteiger partial charge in [0, 0.05) is 30.9 Å². The van der Waals surface area contributed by atoms with E-state index < -0.39 is 35.3 Å². The maximum atomic E-state index is 13.7. The number of aromatic nitrogens is 5. The van der Waals surface area contributed by atoms with Gasteiger partial charge in [-0.3, -0.25) is 33.8 Å². The van der Waals surface area contributed by atoms with E-state index in [4.69, 9.17) is 9.72 Å². The predicted octanol–water partition coefficient (Wildman–Crippen LogP) is 7.04. The van der Waals surface area contributed by atoms with Gasteiger partial charge in [0.25, 0.3) is 11.8 Å². The van der Waals surface area contributed by atoms with Crippen molar-refractivity contribution in [3.05, 3.63) is 150 Å². The number of hydrogen-bond donors (Lipinski definition) is 2. The first-order valence-electron chi connectivity index (χ1n) is 20.5. The number of nitrogens with zero attached hydrogens (tertiary/aromatic N) is 7. The summed E-state index contributed by atoms with van der Waals surface area (Å²) in [6.45, 7) is 6.24. The van der Waals surface area contributed by atoms with Gasteiger partial charge in [0.05, 0.1) is 41.7 Å². The maximum absolute atomic E-state index is 13.7. The molecule has 4 aromatic carbocycles. The SMILES string of the molecule is CN(Cc1cn(Cc2ccc(-c3nc4cc(-c5ccccc5)ccn4c3Nc3ccc(C(=O)OC(C)(C)C)cc3)cc2)nn1)c1cccc2c1C(=O)N(C1CCC(=O)NC1=O)C2=O. The van der Waals surface area contributed by atoms with Gasteiger partial charge in [0.15, 0.2) is 0 Å². The number of rotatable bonds is 11. The molecule has 1 unspecified atom stereocenters. The molecule has 0 spiro atoms. The van der Waals surface area contributed by atoms with Gasteiger partial charge < -0.3 is 15.0 Å². The number of carbonyl (C=O) groups excluding carboxylic acids is 5. The van der Waals surface area contributed by atoms with Crippen molar-refractivity contribution in [3.8, 4) is 22.4 Å². The molecule has 3 aromatic heterocycles. The molecule has 9 rings (SSSR count). The molecular formula is C48H43N9O6. The van der Waals surface area contributed by atoms with Crippen molar-refractivity contribution in [3.63, 3.8) is 0 Å². The Labute approximate surface area is 362 Å². The quantitative estimate of drug-likeness (QED) is 0.101. The molecule has 1 saturated heterocycles. The minimum atomic E-state index is -1.05. The van der Waals surface area contributed by atoms with Gasteiger partial charge in [-0.2, -0.15) is 0 Å². The van der Waals surface area contributed by atoms with Gasteiger partial charge in [0.1, 0.15) is 34.5 Å². The third kappa shape index (κ3) is 8.15. The first kappa shape index (κ1) is 40.5. The molecule has 15 nitrogen and oxygen atoms in total. The molecule has 2 aliphatic heterocycles. The first-order chi connectivity index (χ1) is 30.3. The molecule has 5 heterocycles. The van der Waals surface area contributed by atoms with Crippen LogP contribution in [-0.2, 0) is 27.4 Å². The number of esters is 1. The summed E-state index contributed by atoms with van der Waals surface area (Å²) in [5.74, 6) is -1.85. The van der Waals surface area contributed by atoms with Gasteiger partial charge in [-0.05, 0) is 92.4 Å². The van der Waals surface area contributed by atoms with Gasteiger partial charge in [0.2, 0.25) is 11.8 Å². The fraction of sp³-hybridized carbons (Fsp3) is 0.208. The van der Waals surface area contributed by atoms with Crippen LogP contribution in [0.5, 0.6) is 0 Å². The summed E-state index contributed by atoms with van der Waals surface area (Å²) >= 11 is 0. The minimum Gasteiger partial charge on any atom is -0.456 e. The molecule has 1 atom stereocenters. The standard InChI is InChI=1S/C48H43N9O6/c1-48(2,3)63-47(62)32-17-19-34(20-18-32)49-43-42(50-39-25-33(23-24-56(39)43)30-9-6-5-7-10-30)31-15-13-29(14-16-31)26-55-28-35(52-53-55)27-54(4)37-12-8-11-36-41(37)46(61)57(45(36)60)38-21-22-40(58)51-44(38)59/h5-20,23-25,28,38,49H,21-22,26-27H2,1-4H3,(H,51,58,59). The highest BCUT2D eigenvalue weighted by Crippen LogP contribution is 2.36. The number of piperidine rings is 1. The highest BCUT2D eigenvalue weighted by atomic mass is 16.6. The van der Waals surface area contributed by atoms with Crippen LogP contribution in [0.3, 0.4) is 0 Å². The number of imidazole rings is 1. The van der Waals surface area contributed by atoms with Crippen LogP contribution in [0.15, 0.2) is 122 Å². The van der Waals surface area contributed by atoms with Crippen LogP contribution in [0.1, 0.15) is 75.9 Å². The Kier molecular flexibility index (Phi) is 10.4. The van der Waals surface area contributed by atoms with Crippen molar-refractivity contribution < 1.29 is 28.7 Å². The molecule has 0 radical (unpaired) electrons. The van der Waals surface area contributed by atoms with Crippen LogP contribution >= 0.6 is 0 Å². The Morgan fingerprint density at radius 2 is 1.63 bits per heavy atom. The molecule has 63 heavy (non-hydrogen) atoms. The number of carbonyl (C=O) groups is 5. The summed E-state index contributed by atoms with van der Waals surface area (Å²) in [7, 11) is 1.80. The van der Waals surface area contributed by atoms with E-state index in [0.717, 1.165) is 50.0 Å². The van der Waals surface area contributed by atoms with Crippen molar-refractivity contribution in [1.82, 2.24) is 34.6 Å². The third-order valence-electron chi connectivity index (χ3n) is 10.9. The number of fused-ring (bicyclic) bond motifs is 2. The lowest BCUT2D eigenvalue weighted by molar-refractivity contribution is -0.136. The molecular weight excluding hydrogens is 799 g/mol. The molecule has 4 amide bonds. The van der Waals surface area contributed by atoms with E-state index in [2.05, 4.69) is 45.2 Å². The van der Waals surface area contributed by atoms with Gasteiger partial charge in [-0.15, -0.1) is 5.10 Å². The Balaban J connectivity index is 0.926. The number of benzene rings is 4. The van der Waals surface area contributed by atoms with Crippen molar-refractivity contribution >= 4 is 52.4 Å². The molecule has 316 valence electrons. The summed E-state index contributed by atoms with van der Waals surface area (Å²) in [6, 6.07) is 33.5.